The van der Waals surface area contributed by atoms with Gasteiger partial charge in [-0.2, -0.15) is 0 Å². The first-order chi connectivity index (χ1) is 71.5. The monoisotopic (exact) mass is 2730 g/mol. The molecule has 8 saturated carbocycles. The van der Waals surface area contributed by atoms with Crippen LogP contribution in [0.1, 0.15) is 349 Å². The van der Waals surface area contributed by atoms with E-state index in [1.54, 1.807) is 44.5 Å². The molecule has 0 spiro atoms. The first kappa shape index (κ1) is 105. The van der Waals surface area contributed by atoms with Crippen LogP contribution in [0.5, 0.6) is 0 Å². The number of thiophene rings is 4. The Kier molecular flexibility index (Phi) is 34.3. The molecule has 0 saturated heterocycles. The molecule has 8 fully saturated rings. The number of fused-ring (bicyclic) bond motifs is 12. The van der Waals surface area contributed by atoms with Gasteiger partial charge in [-0.25, -0.2) is 0 Å². The van der Waals surface area contributed by atoms with Crippen molar-refractivity contribution in [2.24, 2.45) is 0 Å². The summed E-state index contributed by atoms with van der Waals surface area (Å²) < 4.78 is 21.2. The SMILES string of the molecule is [Ir].[Ir].[Ir].[Ir].[c-]1ccccc1-c1nccn1-c1c(C2CCCCC2)cc(C2CCCCC2)c2c1sc1ccccc12.[c-]1ccccc1-c1nccn1-c1c(C2CCCCC2)cc(C2CCCCC2)c2sc3ccccc3c12.[c-]1ccccc1-c1nccn1-c1c(C2CCCCC2)cc2c(sc3ccccc32)c1C1CCCCC1.[c-]1ccccc1-c1nccn1-c1c(C2CCCCC2)cc2sc3ccccc3c2c1C1CCCCC1. The summed E-state index contributed by atoms with van der Waals surface area (Å²) in [4.78, 5) is 19.5. The van der Waals surface area contributed by atoms with E-state index in [0.717, 1.165) is 45.6 Å². The van der Waals surface area contributed by atoms with Crippen LogP contribution in [0, 0.1) is 24.3 Å². The van der Waals surface area contributed by atoms with Gasteiger partial charge in [0.2, 0.25) is 0 Å². The molecule has 8 nitrogen and oxygen atoms in total. The number of imidazole rings is 4. The first-order valence-corrected chi connectivity index (χ1v) is 58.8. The minimum Gasteiger partial charge on any atom is -0.339 e. The summed E-state index contributed by atoms with van der Waals surface area (Å²) in [6.45, 7) is 0. The van der Waals surface area contributed by atoms with E-state index in [2.05, 4.69) is 237 Å². The summed E-state index contributed by atoms with van der Waals surface area (Å²) in [5.41, 5.74) is 22.6. The molecular weight excluding hydrogens is 2590 g/mol. The average molecular weight is 2730 g/mol. The molecule has 8 aliphatic rings. The van der Waals surface area contributed by atoms with E-state index >= 15 is 0 Å². The van der Waals surface area contributed by atoms with E-state index in [1.807, 2.05) is 119 Å². The second-order valence-corrected chi connectivity index (χ2v) is 47.3. The fraction of sp³-hybridized carbons (Fsp3) is 0.364. The van der Waals surface area contributed by atoms with Crippen molar-refractivity contribution in [2.45, 2.75) is 304 Å². The van der Waals surface area contributed by atoms with Crippen molar-refractivity contribution in [3.63, 3.8) is 0 Å². The van der Waals surface area contributed by atoms with E-state index in [1.165, 1.54) is 360 Å². The maximum absolute atomic E-state index is 4.90. The Morgan fingerprint density at radius 2 is 0.493 bits per heavy atom. The minimum absolute atomic E-state index is 0. The van der Waals surface area contributed by atoms with Gasteiger partial charge in [-0.1, -0.05) is 239 Å². The third-order valence-electron chi connectivity index (χ3n) is 34.4. The Hall–Kier alpha value is -9.04. The molecule has 0 unspecified atom stereocenters. The largest absolute Gasteiger partial charge is 0.339 e. The molecule has 20 aromatic rings. The number of aromatic nitrogens is 8. The van der Waals surface area contributed by atoms with Crippen LogP contribution >= 0.6 is 45.3 Å². The van der Waals surface area contributed by atoms with E-state index in [9.17, 15) is 0 Å². The first-order valence-electron chi connectivity index (χ1n) is 55.5. The molecule has 0 atom stereocenters. The topological polar surface area (TPSA) is 71.3 Å². The molecule has 8 heterocycles. The number of hydrogen-bond donors (Lipinski definition) is 0. The van der Waals surface area contributed by atoms with Gasteiger partial charge in [0.15, 0.2) is 0 Å². The van der Waals surface area contributed by atoms with E-state index in [4.69, 9.17) is 19.9 Å². The Morgan fingerprint density at radius 1 is 0.209 bits per heavy atom. The van der Waals surface area contributed by atoms with Crippen molar-refractivity contribution in [3.05, 3.63) is 337 Å². The molecule has 0 amide bonds. The third-order valence-corrected chi connectivity index (χ3v) is 39.1. The van der Waals surface area contributed by atoms with Crippen LogP contribution in [0.4, 0.5) is 0 Å². The van der Waals surface area contributed by atoms with E-state index in [0.29, 0.717) is 47.3 Å². The number of rotatable bonds is 16. The summed E-state index contributed by atoms with van der Waals surface area (Å²) >= 11 is 8.00. The van der Waals surface area contributed by atoms with Gasteiger partial charge in [0.25, 0.3) is 0 Å². The zero-order valence-corrected chi connectivity index (χ0v) is 97.7. The van der Waals surface area contributed by atoms with Crippen LogP contribution in [-0.2, 0) is 80.4 Å². The quantitative estimate of drug-likeness (QED) is 0.0904. The summed E-state index contributed by atoms with van der Waals surface area (Å²) in [7, 11) is 0. The average Bonchev–Trinajstić information content (AvgIpc) is 1.57. The minimum atomic E-state index is 0. The zero-order valence-electron chi connectivity index (χ0n) is 84.9. The van der Waals surface area contributed by atoms with Crippen LogP contribution < -0.4 is 0 Å². The molecule has 16 heteroatoms. The molecular formula is C132H132Ir4N8S4-4. The van der Waals surface area contributed by atoms with Crippen LogP contribution in [0.2, 0.25) is 0 Å². The number of benzene rings is 12. The van der Waals surface area contributed by atoms with Gasteiger partial charge >= 0.3 is 0 Å². The summed E-state index contributed by atoms with van der Waals surface area (Å²) in [5, 5.41) is 11.6. The standard InChI is InChI=1S/4C33H33N2S.4Ir/c1-4-12-23(13-5-1)27-22-28-26-18-10-11-19-29(26)36-32(28)30(24-14-6-2-7-15-24)31(27)35-21-20-34-33(35)25-16-8-3-9-17-25;1-4-12-23(13-5-1)27-22-28(24-14-6-2-7-15-24)32-30(26-18-10-11-19-29(26)36-32)31(27)35-21-20-34-33(35)25-16-8-3-9-17-25;1-4-12-23(13-5-1)27-22-28(24-14-6-2-7-15-24)31(32-30(27)26-18-10-11-19-29(26)36-32)35-21-20-34-33(35)25-16-8-3-9-17-25;1-4-12-23(13-5-1)27-22-29-31(26-18-10-11-19-28(26)36-29)30(24-14-6-2-7-15-24)32(27)35-21-20-34-33(35)25-16-8-3-9-17-25;;;;/h4*3,8-11,16,18-24H,1-2,4-7,12-15H2;;;;/q4*-1;;;;. The second-order valence-electron chi connectivity index (χ2n) is 43.1. The predicted molar refractivity (Wildman–Crippen MR) is 610 cm³/mol. The van der Waals surface area contributed by atoms with Crippen LogP contribution in [0.25, 0.3) is 149 Å². The van der Waals surface area contributed by atoms with Crippen LogP contribution in [0.3, 0.4) is 0 Å². The summed E-state index contributed by atoms with van der Waals surface area (Å²) in [6, 6.07) is 93.7. The van der Waals surface area contributed by atoms with Gasteiger partial charge < -0.3 is 18.3 Å². The Balaban J connectivity index is 0.000000115. The van der Waals surface area contributed by atoms with Crippen molar-refractivity contribution in [2.75, 3.05) is 0 Å². The van der Waals surface area contributed by atoms with E-state index in [-0.39, 0.29) is 80.4 Å². The second kappa shape index (κ2) is 48.5. The molecule has 764 valence electrons. The zero-order chi connectivity index (χ0) is 95.6. The Morgan fingerprint density at radius 3 is 0.899 bits per heavy atom. The Labute approximate surface area is 944 Å². The molecule has 0 aliphatic heterocycles. The van der Waals surface area contributed by atoms with Crippen molar-refractivity contribution in [1.29, 1.82) is 0 Å². The predicted octanol–water partition coefficient (Wildman–Crippen LogP) is 39.2. The number of nitrogens with zero attached hydrogens (tertiary/aromatic N) is 8. The van der Waals surface area contributed by atoms with E-state index < -0.39 is 0 Å². The molecule has 12 aromatic carbocycles. The fourth-order valence-corrected chi connectivity index (χ4v) is 32.6. The van der Waals surface area contributed by atoms with Crippen molar-refractivity contribution < 1.29 is 80.4 Å². The van der Waals surface area contributed by atoms with Gasteiger partial charge in [0.05, 0.1) is 39.4 Å². The normalized spacial score (nSPS) is 17.3. The smallest absolute Gasteiger partial charge is 0.0603 e. The molecule has 0 N–H and O–H groups in total. The number of hydrogen-bond acceptors (Lipinski definition) is 8. The Bertz CT molecular complexity index is 7810. The maximum Gasteiger partial charge on any atom is 0.0603 e. The van der Waals surface area contributed by atoms with Gasteiger partial charge in [-0.3, -0.25) is 19.9 Å². The summed E-state index contributed by atoms with van der Waals surface area (Å²) in [6.07, 6.45) is 70.2. The molecule has 0 bridgehead atoms. The van der Waals surface area contributed by atoms with Gasteiger partial charge in [0, 0.05) is 217 Å². The van der Waals surface area contributed by atoms with Crippen molar-refractivity contribution in [3.8, 4) is 68.3 Å². The summed E-state index contributed by atoms with van der Waals surface area (Å²) in [5.74, 6) is 9.11. The third kappa shape index (κ3) is 21.0. The maximum atomic E-state index is 4.90. The van der Waals surface area contributed by atoms with Crippen LogP contribution in [0.15, 0.2) is 268 Å². The molecule has 148 heavy (non-hydrogen) atoms. The molecule has 8 aromatic heterocycles. The molecule has 4 radical (unpaired) electrons. The van der Waals surface area contributed by atoms with Gasteiger partial charge in [-0.15, -0.1) is 189 Å². The van der Waals surface area contributed by atoms with Gasteiger partial charge in [-0.05, 0) is 231 Å². The van der Waals surface area contributed by atoms with Gasteiger partial charge in [0.1, 0.15) is 0 Å². The fourth-order valence-electron chi connectivity index (χ4n) is 27.5. The van der Waals surface area contributed by atoms with Crippen LogP contribution in [-0.4, -0.2) is 38.2 Å². The molecule has 8 aliphatic carbocycles. The van der Waals surface area contributed by atoms with Crippen molar-refractivity contribution in [1.82, 2.24) is 38.2 Å². The molecule has 28 rings (SSSR count). The van der Waals surface area contributed by atoms with Crippen molar-refractivity contribution >= 4 is 126 Å².